The topological polar surface area (TPSA) is 64.4 Å². The molecule has 1 aliphatic heterocycles. The minimum atomic E-state index is -0.769. The Bertz CT molecular complexity index is 508. The van der Waals surface area contributed by atoms with Gasteiger partial charge in [0.15, 0.2) is 0 Å². The number of rotatable bonds is 4. The van der Waals surface area contributed by atoms with Gasteiger partial charge in [-0.2, -0.15) is 0 Å². The van der Waals surface area contributed by atoms with Gasteiger partial charge in [0.25, 0.3) is 0 Å². The molecule has 0 saturated carbocycles. The Morgan fingerprint density at radius 1 is 1.38 bits per heavy atom. The minimum Gasteiger partial charge on any atom is -0.381 e. The molecule has 0 spiro atoms. The van der Waals surface area contributed by atoms with Crippen LogP contribution < -0.4 is 11.1 Å². The lowest BCUT2D eigenvalue weighted by atomic mass is 9.89. The first-order valence-electron chi connectivity index (χ1n) is 7.64. The predicted octanol–water partition coefficient (Wildman–Crippen LogP) is 1.86. The molecule has 1 amide bonds. The van der Waals surface area contributed by atoms with Crippen molar-refractivity contribution < 1.29 is 9.53 Å². The molecule has 0 bridgehead atoms. The number of ether oxygens (including phenoxy) is 1. The zero-order valence-corrected chi connectivity index (χ0v) is 13.2. The summed E-state index contributed by atoms with van der Waals surface area (Å²) in [6.07, 6.45) is 2.01. The van der Waals surface area contributed by atoms with Gasteiger partial charge in [-0.15, -0.1) is 0 Å². The molecule has 0 aliphatic carbocycles. The molecule has 1 aromatic carbocycles. The van der Waals surface area contributed by atoms with E-state index in [1.165, 1.54) is 16.7 Å². The second-order valence-electron chi connectivity index (χ2n) is 6.28. The summed E-state index contributed by atoms with van der Waals surface area (Å²) in [5.74, 6) is -0.0527. The fraction of sp³-hybridized carbons (Fsp3) is 0.588. The average Bonchev–Trinajstić information content (AvgIpc) is 2.43. The van der Waals surface area contributed by atoms with Crippen molar-refractivity contribution in [3.63, 3.8) is 0 Å². The van der Waals surface area contributed by atoms with Crippen LogP contribution in [0.5, 0.6) is 0 Å². The number of hydrogen-bond donors (Lipinski definition) is 2. The molecule has 1 heterocycles. The molecule has 0 radical (unpaired) electrons. The number of amides is 1. The first-order valence-corrected chi connectivity index (χ1v) is 7.64. The van der Waals surface area contributed by atoms with Gasteiger partial charge < -0.3 is 15.8 Å². The number of carbonyl (C=O) groups excluding carboxylic acids is 1. The first kappa shape index (κ1) is 16.0. The van der Waals surface area contributed by atoms with E-state index in [9.17, 15) is 4.79 Å². The fourth-order valence-electron chi connectivity index (χ4n) is 2.79. The zero-order valence-electron chi connectivity index (χ0n) is 13.2. The summed E-state index contributed by atoms with van der Waals surface area (Å²) in [5, 5.41) is 3.06. The Labute approximate surface area is 127 Å². The minimum absolute atomic E-state index is 0.0527. The molecule has 1 aromatic rings. The third kappa shape index (κ3) is 4.05. The van der Waals surface area contributed by atoms with E-state index in [0.717, 1.165) is 6.42 Å². The highest BCUT2D eigenvalue weighted by Crippen LogP contribution is 2.18. The molecule has 21 heavy (non-hydrogen) atoms. The van der Waals surface area contributed by atoms with Crippen LogP contribution in [0.1, 0.15) is 36.5 Å². The van der Waals surface area contributed by atoms with Gasteiger partial charge in [0.1, 0.15) is 0 Å². The Morgan fingerprint density at radius 3 is 2.67 bits per heavy atom. The summed E-state index contributed by atoms with van der Waals surface area (Å²) < 4.78 is 5.28. The molecule has 1 fully saturated rings. The number of carbonyl (C=O) groups is 1. The van der Waals surface area contributed by atoms with E-state index in [4.69, 9.17) is 10.5 Å². The van der Waals surface area contributed by atoms with E-state index in [2.05, 4.69) is 37.4 Å². The van der Waals surface area contributed by atoms with E-state index in [1.807, 2.05) is 6.92 Å². The van der Waals surface area contributed by atoms with E-state index in [-0.39, 0.29) is 11.9 Å². The highest BCUT2D eigenvalue weighted by molar-refractivity contribution is 5.86. The van der Waals surface area contributed by atoms with Gasteiger partial charge in [0.2, 0.25) is 5.91 Å². The van der Waals surface area contributed by atoms with E-state index in [0.29, 0.717) is 26.1 Å². The third-order valence-corrected chi connectivity index (χ3v) is 4.24. The molecular weight excluding hydrogens is 264 g/mol. The van der Waals surface area contributed by atoms with Crippen LogP contribution in [-0.2, 0) is 16.0 Å². The molecule has 1 saturated heterocycles. The van der Waals surface area contributed by atoms with Crippen LogP contribution in [-0.4, -0.2) is 30.7 Å². The lowest BCUT2D eigenvalue weighted by molar-refractivity contribution is -0.130. The van der Waals surface area contributed by atoms with Crippen LogP contribution in [0.25, 0.3) is 0 Å². The maximum absolute atomic E-state index is 12.4. The van der Waals surface area contributed by atoms with Gasteiger partial charge >= 0.3 is 0 Å². The summed E-state index contributed by atoms with van der Waals surface area (Å²) in [7, 11) is 0. The molecule has 1 unspecified atom stereocenters. The largest absolute Gasteiger partial charge is 0.381 e. The molecule has 4 heteroatoms. The van der Waals surface area contributed by atoms with Gasteiger partial charge in [-0.25, -0.2) is 0 Å². The van der Waals surface area contributed by atoms with E-state index >= 15 is 0 Å². The summed E-state index contributed by atoms with van der Waals surface area (Å²) in [4.78, 5) is 12.4. The monoisotopic (exact) mass is 290 g/mol. The lowest BCUT2D eigenvalue weighted by Gasteiger charge is -2.33. The predicted molar refractivity (Wildman–Crippen MR) is 84.2 cm³/mol. The number of benzene rings is 1. The normalized spacial score (nSPS) is 19.0. The van der Waals surface area contributed by atoms with Gasteiger partial charge in [0.05, 0.1) is 5.54 Å². The van der Waals surface area contributed by atoms with Crippen molar-refractivity contribution >= 4 is 5.91 Å². The molecular formula is C17H26N2O2. The third-order valence-electron chi connectivity index (χ3n) is 4.24. The summed E-state index contributed by atoms with van der Waals surface area (Å²) in [6, 6.07) is 6.49. The maximum Gasteiger partial charge on any atom is 0.240 e. The standard InChI is InChI=1S/C17H26N2O2/c1-12-4-5-15(13(2)10-12)11-14(3)19-16(20)17(18)6-8-21-9-7-17/h4-5,10,14H,6-9,11,18H2,1-3H3,(H,19,20). The number of nitrogens with one attached hydrogen (secondary N) is 1. The fourth-order valence-corrected chi connectivity index (χ4v) is 2.79. The van der Waals surface area contributed by atoms with Crippen LogP contribution in [0.4, 0.5) is 0 Å². The number of aryl methyl sites for hydroxylation is 2. The summed E-state index contributed by atoms with van der Waals surface area (Å²) in [6.45, 7) is 7.36. The second kappa shape index (κ2) is 6.58. The van der Waals surface area contributed by atoms with Crippen molar-refractivity contribution in [1.29, 1.82) is 0 Å². The highest BCUT2D eigenvalue weighted by atomic mass is 16.5. The average molecular weight is 290 g/mol. The smallest absolute Gasteiger partial charge is 0.240 e. The lowest BCUT2D eigenvalue weighted by Crippen LogP contribution is -2.58. The molecule has 2 rings (SSSR count). The van der Waals surface area contributed by atoms with Crippen molar-refractivity contribution in [2.24, 2.45) is 5.73 Å². The van der Waals surface area contributed by atoms with Crippen LogP contribution in [0.3, 0.4) is 0 Å². The van der Waals surface area contributed by atoms with Crippen molar-refractivity contribution in [3.8, 4) is 0 Å². The molecule has 1 atom stereocenters. The molecule has 0 aromatic heterocycles. The SMILES string of the molecule is Cc1ccc(CC(C)NC(=O)C2(N)CCOCC2)c(C)c1. The summed E-state index contributed by atoms with van der Waals surface area (Å²) >= 11 is 0. The molecule has 3 N–H and O–H groups in total. The Kier molecular flexibility index (Phi) is 5.01. The molecule has 1 aliphatic rings. The number of nitrogens with two attached hydrogens (primary N) is 1. The van der Waals surface area contributed by atoms with Crippen LogP contribution in [0.2, 0.25) is 0 Å². The van der Waals surface area contributed by atoms with Gasteiger partial charge in [-0.3, -0.25) is 4.79 Å². The van der Waals surface area contributed by atoms with E-state index in [1.54, 1.807) is 0 Å². The van der Waals surface area contributed by atoms with Crippen molar-refractivity contribution in [2.75, 3.05) is 13.2 Å². The van der Waals surface area contributed by atoms with Crippen molar-refractivity contribution in [3.05, 3.63) is 34.9 Å². The Morgan fingerprint density at radius 2 is 2.05 bits per heavy atom. The van der Waals surface area contributed by atoms with Gasteiger partial charge in [-0.1, -0.05) is 23.8 Å². The Balaban J connectivity index is 1.94. The quantitative estimate of drug-likeness (QED) is 0.889. The number of hydrogen-bond acceptors (Lipinski definition) is 3. The summed E-state index contributed by atoms with van der Waals surface area (Å²) in [5.41, 5.74) is 9.23. The Hall–Kier alpha value is -1.39. The van der Waals surface area contributed by atoms with Crippen LogP contribution in [0, 0.1) is 13.8 Å². The zero-order chi connectivity index (χ0) is 15.5. The van der Waals surface area contributed by atoms with E-state index < -0.39 is 5.54 Å². The first-order chi connectivity index (χ1) is 9.90. The van der Waals surface area contributed by atoms with Gasteiger partial charge in [-0.05, 0) is 51.2 Å². The van der Waals surface area contributed by atoms with Gasteiger partial charge in [0, 0.05) is 19.3 Å². The molecule has 4 nitrogen and oxygen atoms in total. The van der Waals surface area contributed by atoms with Crippen molar-refractivity contribution in [2.45, 2.75) is 51.6 Å². The van der Waals surface area contributed by atoms with Crippen molar-refractivity contribution in [1.82, 2.24) is 5.32 Å². The van der Waals surface area contributed by atoms with Crippen LogP contribution in [0.15, 0.2) is 18.2 Å². The molecule has 116 valence electrons. The highest BCUT2D eigenvalue weighted by Gasteiger charge is 2.36. The maximum atomic E-state index is 12.4. The van der Waals surface area contributed by atoms with Crippen LogP contribution >= 0.6 is 0 Å². The second-order valence-corrected chi connectivity index (χ2v) is 6.28.